The second-order valence-corrected chi connectivity index (χ2v) is 2.82. The third kappa shape index (κ3) is 8.22. The van der Waals surface area contributed by atoms with Gasteiger partial charge in [0.1, 0.15) is 13.2 Å². The van der Waals surface area contributed by atoms with Crippen LogP contribution in [-0.4, -0.2) is 45.0 Å². The molecule has 0 unspecified atom stereocenters. The van der Waals surface area contributed by atoms with Crippen molar-refractivity contribution in [1.29, 1.82) is 0 Å². The number of halogens is 1. The van der Waals surface area contributed by atoms with Gasteiger partial charge in [-0.3, -0.25) is 4.79 Å². The van der Waals surface area contributed by atoms with Crippen molar-refractivity contribution in [3.8, 4) is 0 Å². The van der Waals surface area contributed by atoms with Gasteiger partial charge in [-0.25, -0.2) is 4.84 Å². The van der Waals surface area contributed by atoms with Gasteiger partial charge >= 0.3 is 5.97 Å². The van der Waals surface area contributed by atoms with Gasteiger partial charge in [-0.1, -0.05) is 0 Å². The number of nitrogens with zero attached hydrogens (tertiary/aromatic N) is 1. The summed E-state index contributed by atoms with van der Waals surface area (Å²) in [7, 11) is 5.40. The van der Waals surface area contributed by atoms with Gasteiger partial charge in [0.05, 0.1) is 21.2 Å². The van der Waals surface area contributed by atoms with Crippen LogP contribution in [-0.2, 0) is 14.4 Å². The van der Waals surface area contributed by atoms with Gasteiger partial charge in [0.2, 0.25) is 0 Å². The summed E-state index contributed by atoms with van der Waals surface area (Å²) in [5, 5.41) is 0. The van der Waals surface area contributed by atoms with Gasteiger partial charge in [-0.15, -0.1) is 0 Å². The summed E-state index contributed by atoms with van der Waals surface area (Å²) in [5.74, 6) is -0.249. The molecule has 4 nitrogen and oxygen atoms in total. The monoisotopic (exact) mass is 289 g/mol. The molecular formula is C7H16INO3. The predicted molar refractivity (Wildman–Crippen MR) is 40.6 cm³/mol. The van der Waals surface area contributed by atoms with E-state index in [1.807, 2.05) is 14.1 Å². The number of hydroxylamine groups is 3. The van der Waals surface area contributed by atoms with E-state index in [9.17, 15) is 4.79 Å². The van der Waals surface area contributed by atoms with Crippen LogP contribution in [0.15, 0.2) is 0 Å². The van der Waals surface area contributed by atoms with Crippen LogP contribution in [0.4, 0.5) is 0 Å². The van der Waals surface area contributed by atoms with Crippen molar-refractivity contribution in [3.63, 3.8) is 0 Å². The van der Waals surface area contributed by atoms with Gasteiger partial charge in [-0.05, 0) is 0 Å². The van der Waals surface area contributed by atoms with Crippen LogP contribution in [0, 0.1) is 0 Å². The predicted octanol–water partition coefficient (Wildman–Crippen LogP) is -2.81. The SMILES string of the molecule is CO[N+](C)(C)CCOC(C)=O.[I-]. The van der Waals surface area contributed by atoms with Crippen molar-refractivity contribution in [2.24, 2.45) is 0 Å². The summed E-state index contributed by atoms with van der Waals surface area (Å²) in [6.45, 7) is 2.46. The van der Waals surface area contributed by atoms with E-state index in [4.69, 9.17) is 9.57 Å². The van der Waals surface area contributed by atoms with Gasteiger partial charge in [0.25, 0.3) is 0 Å². The van der Waals surface area contributed by atoms with Gasteiger partial charge < -0.3 is 28.7 Å². The quantitative estimate of drug-likeness (QED) is 0.243. The van der Waals surface area contributed by atoms with Crippen molar-refractivity contribution in [2.75, 3.05) is 34.4 Å². The number of carbonyl (C=O) groups excluding carboxylic acids is 1. The lowest BCUT2D eigenvalue weighted by Crippen LogP contribution is -3.00. The minimum atomic E-state index is -0.249. The Hall–Kier alpha value is 0.120. The highest BCUT2D eigenvalue weighted by atomic mass is 127. The number of likely N-dealkylation sites (N-methyl/N-ethyl adjacent to an activating group) is 1. The van der Waals surface area contributed by atoms with Gasteiger partial charge in [0, 0.05) is 6.92 Å². The third-order valence-electron chi connectivity index (χ3n) is 1.43. The van der Waals surface area contributed by atoms with Gasteiger partial charge in [-0.2, -0.15) is 4.65 Å². The second-order valence-electron chi connectivity index (χ2n) is 2.82. The molecule has 0 aliphatic heterocycles. The Balaban J connectivity index is 0. The first-order valence-electron chi connectivity index (χ1n) is 3.50. The number of quaternary nitrogens is 1. The average molecular weight is 289 g/mol. The fourth-order valence-corrected chi connectivity index (χ4v) is 0.501. The topological polar surface area (TPSA) is 35.5 Å². The summed E-state index contributed by atoms with van der Waals surface area (Å²) in [6, 6.07) is 0. The van der Waals surface area contributed by atoms with E-state index in [2.05, 4.69) is 0 Å². The van der Waals surface area contributed by atoms with Crippen molar-refractivity contribution in [3.05, 3.63) is 0 Å². The molecule has 5 heteroatoms. The van der Waals surface area contributed by atoms with E-state index in [1.165, 1.54) is 6.92 Å². The number of ether oxygens (including phenoxy) is 1. The molecule has 0 saturated heterocycles. The summed E-state index contributed by atoms with van der Waals surface area (Å²) in [5.41, 5.74) is 0. The Morgan fingerprint density at radius 3 is 2.25 bits per heavy atom. The van der Waals surface area contributed by atoms with E-state index >= 15 is 0 Å². The molecule has 0 bridgehead atoms. The second kappa shape index (κ2) is 6.62. The Morgan fingerprint density at radius 2 is 1.92 bits per heavy atom. The molecule has 0 aliphatic carbocycles. The highest BCUT2D eigenvalue weighted by Gasteiger charge is 2.14. The molecule has 0 aromatic carbocycles. The standard InChI is InChI=1S/C7H16NO3.HI/c1-7(9)11-6-5-8(2,3)10-4;/h5-6H2,1-4H3;1H/q+1;/p-1. The smallest absolute Gasteiger partial charge is 0.302 e. The lowest BCUT2D eigenvalue weighted by molar-refractivity contribution is -1.07. The Kier molecular flexibility index (Phi) is 8.07. The normalized spacial score (nSPS) is 10.3. The third-order valence-corrected chi connectivity index (χ3v) is 1.43. The molecule has 12 heavy (non-hydrogen) atoms. The highest BCUT2D eigenvalue weighted by molar-refractivity contribution is 5.65. The zero-order valence-electron chi connectivity index (χ0n) is 7.96. The van der Waals surface area contributed by atoms with E-state index in [1.54, 1.807) is 7.11 Å². The molecule has 0 atom stereocenters. The molecule has 0 saturated carbocycles. The van der Waals surface area contributed by atoms with Crippen LogP contribution in [0.2, 0.25) is 0 Å². The minimum absolute atomic E-state index is 0. The van der Waals surface area contributed by atoms with Crippen LogP contribution in [0.1, 0.15) is 6.92 Å². The molecule has 0 spiro atoms. The van der Waals surface area contributed by atoms with Crippen LogP contribution in [0.3, 0.4) is 0 Å². The first-order valence-corrected chi connectivity index (χ1v) is 3.50. The molecule has 0 heterocycles. The molecule has 0 radical (unpaired) electrons. The van der Waals surface area contributed by atoms with Crippen molar-refractivity contribution < 1.29 is 43.0 Å². The fourth-order valence-electron chi connectivity index (χ4n) is 0.501. The molecule has 0 aromatic rings. The maximum atomic E-state index is 10.3. The van der Waals surface area contributed by atoms with E-state index < -0.39 is 0 Å². The van der Waals surface area contributed by atoms with Crippen LogP contribution >= 0.6 is 0 Å². The summed E-state index contributed by atoms with van der Waals surface area (Å²) in [4.78, 5) is 15.4. The number of rotatable bonds is 4. The first kappa shape index (κ1) is 14.6. The van der Waals surface area contributed by atoms with Crippen molar-refractivity contribution in [1.82, 2.24) is 0 Å². The van der Waals surface area contributed by atoms with E-state index in [0.29, 0.717) is 17.8 Å². The zero-order valence-corrected chi connectivity index (χ0v) is 10.1. The molecule has 0 rings (SSSR count). The largest absolute Gasteiger partial charge is 1.00 e. The van der Waals surface area contributed by atoms with Gasteiger partial charge in [0.15, 0.2) is 0 Å². The number of carbonyl (C=O) groups is 1. The molecule has 0 fully saturated rings. The van der Waals surface area contributed by atoms with E-state index in [-0.39, 0.29) is 29.9 Å². The van der Waals surface area contributed by atoms with Crippen LogP contribution < -0.4 is 24.0 Å². The summed E-state index contributed by atoms with van der Waals surface area (Å²) >= 11 is 0. The lowest BCUT2D eigenvalue weighted by Gasteiger charge is -2.24. The molecule has 0 amide bonds. The molecule has 74 valence electrons. The maximum Gasteiger partial charge on any atom is 0.302 e. The Morgan fingerprint density at radius 1 is 1.42 bits per heavy atom. The van der Waals surface area contributed by atoms with Crippen LogP contribution in [0.5, 0.6) is 0 Å². The molecule has 0 N–H and O–H groups in total. The average Bonchev–Trinajstić information content (AvgIpc) is 1.87. The number of hydrogen-bond acceptors (Lipinski definition) is 3. The Bertz CT molecular complexity index is 139. The summed E-state index contributed by atoms with van der Waals surface area (Å²) in [6.07, 6.45) is 0. The molecular weight excluding hydrogens is 273 g/mol. The number of hydrogen-bond donors (Lipinski definition) is 0. The van der Waals surface area contributed by atoms with Crippen molar-refractivity contribution in [2.45, 2.75) is 6.92 Å². The first-order chi connectivity index (χ1) is 4.98. The lowest BCUT2D eigenvalue weighted by atomic mass is 10.6. The molecule has 0 aliphatic rings. The molecule has 0 aromatic heterocycles. The number of esters is 1. The maximum absolute atomic E-state index is 10.3. The van der Waals surface area contributed by atoms with Crippen LogP contribution in [0.25, 0.3) is 0 Å². The minimum Gasteiger partial charge on any atom is -1.00 e. The highest BCUT2D eigenvalue weighted by Crippen LogP contribution is 1.95. The zero-order chi connectivity index (χ0) is 8.91. The van der Waals surface area contributed by atoms with Crippen molar-refractivity contribution >= 4 is 5.97 Å². The Labute approximate surface area is 90.4 Å². The summed E-state index contributed by atoms with van der Waals surface area (Å²) < 4.78 is 5.14. The fraction of sp³-hybridized carbons (Fsp3) is 0.857. The van der Waals surface area contributed by atoms with E-state index in [0.717, 1.165) is 0 Å².